The first kappa shape index (κ1) is 15.1. The molecule has 18 heavy (non-hydrogen) atoms. The Morgan fingerprint density at radius 2 is 2.00 bits per heavy atom. The van der Waals surface area contributed by atoms with Crippen molar-refractivity contribution in [3.05, 3.63) is 35.1 Å². The van der Waals surface area contributed by atoms with Gasteiger partial charge in [0.25, 0.3) is 0 Å². The van der Waals surface area contributed by atoms with Crippen molar-refractivity contribution in [2.75, 3.05) is 21.1 Å². The van der Waals surface area contributed by atoms with E-state index in [4.69, 9.17) is 0 Å². The van der Waals surface area contributed by atoms with E-state index in [2.05, 4.69) is 38.2 Å². The van der Waals surface area contributed by atoms with Crippen LogP contribution in [0.3, 0.4) is 0 Å². The van der Waals surface area contributed by atoms with Gasteiger partial charge in [0.05, 0.1) is 6.04 Å². The van der Waals surface area contributed by atoms with E-state index in [9.17, 15) is 4.39 Å². The summed E-state index contributed by atoms with van der Waals surface area (Å²) in [5, 5.41) is 3.39. The zero-order valence-electron chi connectivity index (χ0n) is 12.3. The molecular weight excluding hydrogens is 227 g/mol. The highest BCUT2D eigenvalue weighted by atomic mass is 19.1. The number of nitrogens with one attached hydrogen (secondary N) is 1. The highest BCUT2D eigenvalue weighted by Gasteiger charge is 2.35. The highest BCUT2D eigenvalue weighted by Crippen LogP contribution is 2.34. The number of likely N-dealkylation sites (N-methyl/N-ethyl adjacent to an activating group) is 2. The van der Waals surface area contributed by atoms with Crippen LogP contribution in [0.25, 0.3) is 0 Å². The van der Waals surface area contributed by atoms with Gasteiger partial charge in [0.1, 0.15) is 5.82 Å². The van der Waals surface area contributed by atoms with Crippen molar-refractivity contribution in [2.24, 2.45) is 0 Å². The summed E-state index contributed by atoms with van der Waals surface area (Å²) in [5.74, 6) is -0.172. The lowest BCUT2D eigenvalue weighted by atomic mass is 9.82. The van der Waals surface area contributed by atoms with Gasteiger partial charge >= 0.3 is 0 Å². The summed E-state index contributed by atoms with van der Waals surface area (Å²) in [6.45, 7) is 6.38. The number of rotatable bonds is 5. The molecule has 0 heterocycles. The molecule has 0 aliphatic heterocycles. The Morgan fingerprint density at radius 3 is 2.39 bits per heavy atom. The monoisotopic (exact) mass is 252 g/mol. The molecule has 0 radical (unpaired) electrons. The van der Waals surface area contributed by atoms with E-state index < -0.39 is 0 Å². The maximum absolute atomic E-state index is 13.2. The van der Waals surface area contributed by atoms with Crippen molar-refractivity contribution in [1.82, 2.24) is 10.2 Å². The van der Waals surface area contributed by atoms with E-state index in [1.807, 2.05) is 20.0 Å². The third-order valence-corrected chi connectivity index (χ3v) is 4.19. The highest BCUT2D eigenvalue weighted by molar-refractivity contribution is 5.32. The fourth-order valence-electron chi connectivity index (χ4n) is 2.54. The number of hydrogen-bond donors (Lipinski definition) is 1. The van der Waals surface area contributed by atoms with Gasteiger partial charge in [0, 0.05) is 5.54 Å². The summed E-state index contributed by atoms with van der Waals surface area (Å²) in [6.07, 6.45) is 1.02. The molecule has 0 saturated heterocycles. The molecule has 1 N–H and O–H groups in total. The molecule has 2 atom stereocenters. The van der Waals surface area contributed by atoms with Gasteiger partial charge in [-0.25, -0.2) is 4.39 Å². The van der Waals surface area contributed by atoms with Crippen molar-refractivity contribution >= 4 is 0 Å². The second-order valence-corrected chi connectivity index (χ2v) is 5.33. The largest absolute Gasteiger partial charge is 0.311 e. The second-order valence-electron chi connectivity index (χ2n) is 5.33. The predicted octanol–water partition coefficient (Wildman–Crippen LogP) is 3.12. The minimum atomic E-state index is -0.172. The number of benzene rings is 1. The molecule has 2 unspecified atom stereocenters. The number of halogens is 1. The fraction of sp³-hybridized carbons (Fsp3) is 0.600. The molecule has 0 fully saturated rings. The Bertz CT molecular complexity index is 403. The molecule has 2 nitrogen and oxygen atoms in total. The van der Waals surface area contributed by atoms with Gasteiger partial charge < -0.3 is 10.2 Å². The summed E-state index contributed by atoms with van der Waals surface area (Å²) in [4.78, 5) is 2.23. The Morgan fingerprint density at radius 1 is 1.39 bits per heavy atom. The molecule has 1 aromatic rings. The molecule has 1 aromatic carbocycles. The quantitative estimate of drug-likeness (QED) is 0.866. The van der Waals surface area contributed by atoms with Crippen LogP contribution < -0.4 is 5.32 Å². The maximum Gasteiger partial charge on any atom is 0.123 e. The molecule has 0 saturated carbocycles. The summed E-state index contributed by atoms with van der Waals surface area (Å²) in [5.41, 5.74) is 2.16. The van der Waals surface area contributed by atoms with Crippen LogP contribution in [0, 0.1) is 12.7 Å². The Kier molecular flexibility index (Phi) is 4.88. The predicted molar refractivity (Wildman–Crippen MR) is 75.3 cm³/mol. The topological polar surface area (TPSA) is 15.3 Å². The van der Waals surface area contributed by atoms with Gasteiger partial charge in [-0.2, -0.15) is 0 Å². The summed E-state index contributed by atoms with van der Waals surface area (Å²) >= 11 is 0. The van der Waals surface area contributed by atoms with E-state index in [1.165, 1.54) is 0 Å². The first-order chi connectivity index (χ1) is 8.36. The average Bonchev–Trinajstić information content (AvgIpc) is 2.32. The molecule has 0 spiro atoms. The molecule has 3 heteroatoms. The number of hydrogen-bond acceptors (Lipinski definition) is 2. The smallest absolute Gasteiger partial charge is 0.123 e. The van der Waals surface area contributed by atoms with E-state index in [0.29, 0.717) is 0 Å². The molecule has 1 rings (SSSR count). The van der Waals surface area contributed by atoms with Crippen molar-refractivity contribution in [3.63, 3.8) is 0 Å². The van der Waals surface area contributed by atoms with Gasteiger partial charge in [0.15, 0.2) is 0 Å². The normalized spacial score (nSPS) is 16.7. The summed E-state index contributed by atoms with van der Waals surface area (Å²) in [7, 11) is 6.14. The molecule has 0 aliphatic rings. The lowest BCUT2D eigenvalue weighted by Gasteiger charge is -2.43. The average molecular weight is 252 g/mol. The second kappa shape index (κ2) is 5.81. The van der Waals surface area contributed by atoms with Gasteiger partial charge in [0.2, 0.25) is 0 Å². The van der Waals surface area contributed by atoms with E-state index in [-0.39, 0.29) is 17.4 Å². The van der Waals surface area contributed by atoms with Crippen LogP contribution in [-0.2, 0) is 0 Å². The van der Waals surface area contributed by atoms with Crippen LogP contribution in [0.2, 0.25) is 0 Å². The van der Waals surface area contributed by atoms with Crippen molar-refractivity contribution < 1.29 is 4.39 Å². The molecule has 102 valence electrons. The summed E-state index contributed by atoms with van der Waals surface area (Å²) < 4.78 is 13.2. The zero-order chi connectivity index (χ0) is 13.9. The SMILES string of the molecule is CCC(C)(C(NC)c1ccc(F)cc1C)N(C)C. The van der Waals surface area contributed by atoms with Crippen LogP contribution in [0.5, 0.6) is 0 Å². The molecule has 0 aliphatic carbocycles. The first-order valence-corrected chi connectivity index (χ1v) is 6.47. The molecule has 0 bridgehead atoms. The van der Waals surface area contributed by atoms with E-state index >= 15 is 0 Å². The lowest BCUT2D eigenvalue weighted by molar-refractivity contribution is 0.116. The maximum atomic E-state index is 13.2. The van der Waals surface area contributed by atoms with Crippen LogP contribution in [0.4, 0.5) is 4.39 Å². The first-order valence-electron chi connectivity index (χ1n) is 6.47. The third kappa shape index (κ3) is 2.73. The number of aryl methyl sites for hydroxylation is 1. The van der Waals surface area contributed by atoms with Gasteiger partial charge in [-0.15, -0.1) is 0 Å². The molecule has 0 aromatic heterocycles. The van der Waals surface area contributed by atoms with E-state index in [1.54, 1.807) is 12.1 Å². The number of nitrogens with zero attached hydrogens (tertiary/aromatic N) is 1. The van der Waals surface area contributed by atoms with Crippen LogP contribution in [0.1, 0.15) is 37.4 Å². The van der Waals surface area contributed by atoms with Crippen LogP contribution in [0.15, 0.2) is 18.2 Å². The Labute approximate surface area is 110 Å². The fourth-order valence-corrected chi connectivity index (χ4v) is 2.54. The van der Waals surface area contributed by atoms with Gasteiger partial charge in [-0.3, -0.25) is 0 Å². The Balaban J connectivity index is 3.24. The van der Waals surface area contributed by atoms with Crippen molar-refractivity contribution in [3.8, 4) is 0 Å². The van der Waals surface area contributed by atoms with Crippen LogP contribution >= 0.6 is 0 Å². The third-order valence-electron chi connectivity index (χ3n) is 4.19. The van der Waals surface area contributed by atoms with Gasteiger partial charge in [-0.05, 0) is 64.7 Å². The minimum absolute atomic E-state index is 0.00264. The van der Waals surface area contributed by atoms with Gasteiger partial charge in [-0.1, -0.05) is 13.0 Å². The minimum Gasteiger partial charge on any atom is -0.311 e. The molecular formula is C15H25FN2. The van der Waals surface area contributed by atoms with Crippen molar-refractivity contribution in [1.29, 1.82) is 0 Å². The summed E-state index contributed by atoms with van der Waals surface area (Å²) in [6, 6.07) is 5.21. The molecule has 0 amide bonds. The lowest BCUT2D eigenvalue weighted by Crippen LogP contribution is -2.50. The van der Waals surface area contributed by atoms with Crippen molar-refractivity contribution in [2.45, 2.75) is 38.8 Å². The Hall–Kier alpha value is -0.930. The zero-order valence-corrected chi connectivity index (χ0v) is 12.3. The standard InChI is InChI=1S/C15H25FN2/c1-7-15(3,18(5)6)14(17-4)13-9-8-12(16)10-11(13)2/h8-10,14,17H,7H2,1-6H3. The van der Waals surface area contributed by atoms with Crippen LogP contribution in [-0.4, -0.2) is 31.6 Å². The van der Waals surface area contributed by atoms with E-state index in [0.717, 1.165) is 17.5 Å².